The van der Waals surface area contributed by atoms with Crippen LogP contribution in [0.1, 0.15) is 42.4 Å². The van der Waals surface area contributed by atoms with Crippen LogP contribution in [0.4, 0.5) is 0 Å². The minimum Gasteiger partial charge on any atom is -0.438 e. The highest BCUT2D eigenvalue weighted by Crippen LogP contribution is 2.33. The summed E-state index contributed by atoms with van der Waals surface area (Å²) in [5, 5.41) is 0. The van der Waals surface area contributed by atoms with Crippen LogP contribution in [0.5, 0.6) is 0 Å². The first-order chi connectivity index (χ1) is 9.00. The zero-order chi connectivity index (χ0) is 14.0. The van der Waals surface area contributed by atoms with E-state index in [4.69, 9.17) is 10.2 Å². The Kier molecular flexibility index (Phi) is 3.59. The molecule has 19 heavy (non-hydrogen) atoms. The molecule has 1 aromatic rings. The fourth-order valence-corrected chi connectivity index (χ4v) is 2.62. The van der Waals surface area contributed by atoms with Gasteiger partial charge in [-0.3, -0.25) is 9.59 Å². The maximum absolute atomic E-state index is 12.3. The number of carbonyl (C=O) groups is 2. The topological polar surface area (TPSA) is 89.4 Å². The van der Waals surface area contributed by atoms with Crippen LogP contribution in [0.3, 0.4) is 0 Å². The fraction of sp³-hybridized carbons (Fsp3) is 0.615. The summed E-state index contributed by atoms with van der Waals surface area (Å²) in [5.74, 6) is -0.299. The van der Waals surface area contributed by atoms with Gasteiger partial charge >= 0.3 is 0 Å². The molecule has 2 N–H and O–H groups in total. The number of oxazole rings is 1. The highest BCUT2D eigenvalue weighted by atomic mass is 16.3. The van der Waals surface area contributed by atoms with Crippen molar-refractivity contribution in [2.75, 3.05) is 13.1 Å². The van der Waals surface area contributed by atoms with Gasteiger partial charge in [0.2, 0.25) is 11.7 Å². The normalized spacial score (nSPS) is 23.4. The summed E-state index contributed by atoms with van der Waals surface area (Å²) in [6.45, 7) is 4.63. The molecule has 1 atom stereocenters. The van der Waals surface area contributed by atoms with Crippen LogP contribution in [0.15, 0.2) is 10.8 Å². The first kappa shape index (κ1) is 13.6. The SMILES string of the molecule is CCC1(C(N)=O)CCCN(C(=O)c2ocnc2C)C1. The average Bonchev–Trinajstić information content (AvgIpc) is 2.84. The number of nitrogens with zero attached hydrogens (tertiary/aromatic N) is 2. The monoisotopic (exact) mass is 265 g/mol. The number of aromatic nitrogens is 1. The molecule has 6 heteroatoms. The van der Waals surface area contributed by atoms with Crippen molar-refractivity contribution in [2.24, 2.45) is 11.1 Å². The lowest BCUT2D eigenvalue weighted by atomic mass is 9.77. The molecule has 104 valence electrons. The molecule has 0 spiro atoms. The Hall–Kier alpha value is -1.85. The van der Waals surface area contributed by atoms with Crippen molar-refractivity contribution in [3.05, 3.63) is 17.8 Å². The average molecular weight is 265 g/mol. The van der Waals surface area contributed by atoms with E-state index in [2.05, 4.69) is 4.98 Å². The van der Waals surface area contributed by atoms with Crippen LogP contribution in [-0.2, 0) is 4.79 Å². The summed E-state index contributed by atoms with van der Waals surface area (Å²) >= 11 is 0. The highest BCUT2D eigenvalue weighted by molar-refractivity contribution is 5.93. The minimum atomic E-state index is -0.609. The Morgan fingerprint density at radius 1 is 1.58 bits per heavy atom. The fourth-order valence-electron chi connectivity index (χ4n) is 2.62. The van der Waals surface area contributed by atoms with Crippen LogP contribution in [0.2, 0.25) is 0 Å². The van der Waals surface area contributed by atoms with Crippen molar-refractivity contribution in [3.8, 4) is 0 Å². The van der Waals surface area contributed by atoms with E-state index in [0.29, 0.717) is 25.2 Å². The molecule has 0 aromatic carbocycles. The maximum Gasteiger partial charge on any atom is 0.291 e. The van der Waals surface area contributed by atoms with Crippen LogP contribution < -0.4 is 5.73 Å². The van der Waals surface area contributed by atoms with Gasteiger partial charge in [0.25, 0.3) is 5.91 Å². The lowest BCUT2D eigenvalue weighted by Gasteiger charge is -2.39. The number of hydrogen-bond donors (Lipinski definition) is 1. The zero-order valence-electron chi connectivity index (χ0n) is 11.3. The number of aryl methyl sites for hydroxylation is 1. The van der Waals surface area contributed by atoms with E-state index in [1.165, 1.54) is 6.39 Å². The molecule has 0 bridgehead atoms. The van der Waals surface area contributed by atoms with Crippen LogP contribution in [0, 0.1) is 12.3 Å². The molecule has 0 radical (unpaired) electrons. The second-order valence-electron chi connectivity index (χ2n) is 5.10. The van der Waals surface area contributed by atoms with Gasteiger partial charge in [-0.05, 0) is 26.2 Å². The highest BCUT2D eigenvalue weighted by Gasteiger charge is 2.41. The smallest absolute Gasteiger partial charge is 0.291 e. The summed E-state index contributed by atoms with van der Waals surface area (Å²) in [6, 6.07) is 0. The van der Waals surface area contributed by atoms with Crippen LogP contribution >= 0.6 is 0 Å². The Balaban J connectivity index is 2.20. The van der Waals surface area contributed by atoms with E-state index >= 15 is 0 Å². The van der Waals surface area contributed by atoms with Crippen molar-refractivity contribution in [2.45, 2.75) is 33.1 Å². The number of primary amides is 1. The van der Waals surface area contributed by atoms with E-state index in [1.807, 2.05) is 6.92 Å². The molecule has 1 aliphatic heterocycles. The molecule has 2 amide bonds. The van der Waals surface area contributed by atoms with Crippen molar-refractivity contribution in [3.63, 3.8) is 0 Å². The zero-order valence-corrected chi connectivity index (χ0v) is 11.3. The number of nitrogens with two attached hydrogens (primary N) is 1. The maximum atomic E-state index is 12.3. The molecular weight excluding hydrogens is 246 g/mol. The number of amides is 2. The lowest BCUT2D eigenvalue weighted by Crippen LogP contribution is -2.51. The molecule has 1 aromatic heterocycles. The van der Waals surface area contributed by atoms with Crippen LogP contribution in [-0.4, -0.2) is 34.8 Å². The van der Waals surface area contributed by atoms with Crippen molar-refractivity contribution in [1.29, 1.82) is 0 Å². The quantitative estimate of drug-likeness (QED) is 0.886. The molecule has 1 aliphatic rings. The predicted octanol–water partition coefficient (Wildman–Crippen LogP) is 1.10. The first-order valence-corrected chi connectivity index (χ1v) is 6.49. The molecule has 2 rings (SSSR count). The molecule has 1 saturated heterocycles. The number of rotatable bonds is 3. The van der Waals surface area contributed by atoms with Gasteiger partial charge in [0.05, 0.1) is 11.1 Å². The first-order valence-electron chi connectivity index (χ1n) is 6.49. The molecule has 6 nitrogen and oxygen atoms in total. The largest absolute Gasteiger partial charge is 0.438 e. The molecule has 1 fully saturated rings. The minimum absolute atomic E-state index is 0.214. The van der Waals surface area contributed by atoms with Gasteiger partial charge in [-0.25, -0.2) is 4.98 Å². The molecular formula is C13H19N3O3. The number of likely N-dealkylation sites (tertiary alicyclic amines) is 1. The Labute approximate surface area is 112 Å². The van der Waals surface area contributed by atoms with E-state index in [1.54, 1.807) is 11.8 Å². The second-order valence-corrected chi connectivity index (χ2v) is 5.10. The molecule has 1 unspecified atom stereocenters. The molecule has 2 heterocycles. The Bertz CT molecular complexity index is 497. The third-order valence-corrected chi connectivity index (χ3v) is 4.00. The van der Waals surface area contributed by atoms with E-state index in [0.717, 1.165) is 12.8 Å². The third kappa shape index (κ3) is 2.34. The second kappa shape index (κ2) is 5.03. The number of hydrogen-bond acceptors (Lipinski definition) is 4. The van der Waals surface area contributed by atoms with E-state index in [9.17, 15) is 9.59 Å². The number of carbonyl (C=O) groups excluding carboxylic acids is 2. The molecule has 0 saturated carbocycles. The molecule has 0 aliphatic carbocycles. The van der Waals surface area contributed by atoms with Gasteiger partial charge in [-0.1, -0.05) is 6.92 Å². The van der Waals surface area contributed by atoms with E-state index < -0.39 is 5.41 Å². The summed E-state index contributed by atoms with van der Waals surface area (Å²) in [4.78, 5) is 29.6. The standard InChI is InChI=1S/C13H19N3O3/c1-3-13(12(14)18)5-4-6-16(7-13)11(17)10-9(2)15-8-19-10/h8H,3-7H2,1-2H3,(H2,14,18). The predicted molar refractivity (Wildman–Crippen MR) is 68.3 cm³/mol. The van der Waals surface area contributed by atoms with Crippen molar-refractivity contribution < 1.29 is 14.0 Å². The van der Waals surface area contributed by atoms with E-state index in [-0.39, 0.29) is 17.6 Å². The van der Waals surface area contributed by atoms with Crippen molar-refractivity contribution in [1.82, 2.24) is 9.88 Å². The van der Waals surface area contributed by atoms with Gasteiger partial charge in [0.1, 0.15) is 0 Å². The van der Waals surface area contributed by atoms with Gasteiger partial charge in [-0.2, -0.15) is 0 Å². The third-order valence-electron chi connectivity index (χ3n) is 4.00. The summed E-state index contributed by atoms with van der Waals surface area (Å²) < 4.78 is 5.12. The number of piperidine rings is 1. The Morgan fingerprint density at radius 2 is 2.32 bits per heavy atom. The summed E-state index contributed by atoms with van der Waals surface area (Å²) in [5.41, 5.74) is 5.47. The van der Waals surface area contributed by atoms with Gasteiger partial charge in [0, 0.05) is 13.1 Å². The van der Waals surface area contributed by atoms with Crippen LogP contribution in [0.25, 0.3) is 0 Å². The van der Waals surface area contributed by atoms with Gasteiger partial charge in [0.15, 0.2) is 6.39 Å². The summed E-state index contributed by atoms with van der Waals surface area (Å²) in [6.07, 6.45) is 3.41. The Morgan fingerprint density at radius 3 is 2.84 bits per heavy atom. The van der Waals surface area contributed by atoms with Gasteiger partial charge < -0.3 is 15.1 Å². The summed E-state index contributed by atoms with van der Waals surface area (Å²) in [7, 11) is 0. The van der Waals surface area contributed by atoms with Gasteiger partial charge in [-0.15, -0.1) is 0 Å². The van der Waals surface area contributed by atoms with Crippen molar-refractivity contribution >= 4 is 11.8 Å². The lowest BCUT2D eigenvalue weighted by molar-refractivity contribution is -0.130.